The molecule has 2 heterocycles. The van der Waals surface area contributed by atoms with Crippen LogP contribution >= 0.6 is 11.6 Å². The van der Waals surface area contributed by atoms with E-state index in [-0.39, 0.29) is 11.6 Å². The zero-order valence-electron chi connectivity index (χ0n) is 11.7. The third-order valence-corrected chi connectivity index (χ3v) is 5.02. The zero-order chi connectivity index (χ0) is 15.0. The number of nitro groups is 1. The maximum atomic E-state index is 10.7. The number of piperidine rings is 1. The number of halogens is 1. The largest absolute Gasteiger partial charge is 0.389 e. The molecule has 1 aliphatic heterocycles. The highest BCUT2D eigenvalue weighted by molar-refractivity contribution is 6.33. The summed E-state index contributed by atoms with van der Waals surface area (Å²) < 4.78 is 0. The molecule has 2 unspecified atom stereocenters. The Morgan fingerprint density at radius 1 is 1.48 bits per heavy atom. The average Bonchev–Trinajstić information content (AvgIpc) is 2.46. The molecule has 3 rings (SSSR count). The summed E-state index contributed by atoms with van der Waals surface area (Å²) in [6.07, 6.45) is 6.05. The van der Waals surface area contributed by atoms with Crippen molar-refractivity contribution in [3.63, 3.8) is 0 Å². The lowest BCUT2D eigenvalue weighted by Gasteiger charge is -2.47. The molecule has 114 valence electrons. The van der Waals surface area contributed by atoms with Crippen molar-refractivity contribution in [2.24, 2.45) is 5.92 Å². The predicted octanol–water partition coefficient (Wildman–Crippen LogP) is 2.77. The van der Waals surface area contributed by atoms with E-state index >= 15 is 0 Å². The highest BCUT2D eigenvalue weighted by Gasteiger charge is 2.43. The zero-order valence-corrected chi connectivity index (χ0v) is 12.4. The van der Waals surface area contributed by atoms with Crippen LogP contribution in [0, 0.1) is 16.0 Å². The fraction of sp³-hybridized carbons (Fsp3) is 0.643. The fourth-order valence-corrected chi connectivity index (χ4v) is 3.80. The van der Waals surface area contributed by atoms with Crippen molar-refractivity contribution >= 4 is 23.1 Å². The molecule has 0 amide bonds. The van der Waals surface area contributed by atoms with Crippen LogP contribution in [0.3, 0.4) is 0 Å². The lowest BCUT2D eigenvalue weighted by atomic mass is 9.71. The number of anilines is 1. The van der Waals surface area contributed by atoms with Crippen molar-refractivity contribution in [1.29, 1.82) is 0 Å². The Bertz CT molecular complexity index is 568. The van der Waals surface area contributed by atoms with Crippen LogP contribution in [0.25, 0.3) is 0 Å². The van der Waals surface area contributed by atoms with Crippen LogP contribution in [0.1, 0.15) is 32.1 Å². The first kappa shape index (κ1) is 14.5. The van der Waals surface area contributed by atoms with E-state index in [1.807, 2.05) is 4.90 Å². The smallest absolute Gasteiger partial charge is 0.289 e. The van der Waals surface area contributed by atoms with Gasteiger partial charge in [-0.05, 0) is 19.3 Å². The lowest BCUT2D eigenvalue weighted by molar-refractivity contribution is -0.385. The second-order valence-electron chi connectivity index (χ2n) is 6.00. The fourth-order valence-electron chi connectivity index (χ4n) is 3.52. The van der Waals surface area contributed by atoms with E-state index in [1.165, 1.54) is 12.3 Å². The van der Waals surface area contributed by atoms with Gasteiger partial charge < -0.3 is 10.0 Å². The molecule has 0 aromatic carbocycles. The van der Waals surface area contributed by atoms with E-state index in [1.54, 1.807) is 0 Å². The second kappa shape index (κ2) is 5.42. The van der Waals surface area contributed by atoms with E-state index in [0.717, 1.165) is 25.7 Å². The normalized spacial score (nSPS) is 29.0. The molecule has 1 aromatic heterocycles. The predicted molar refractivity (Wildman–Crippen MR) is 79.6 cm³/mol. The highest BCUT2D eigenvalue weighted by atomic mass is 35.5. The summed E-state index contributed by atoms with van der Waals surface area (Å²) in [4.78, 5) is 16.4. The van der Waals surface area contributed by atoms with E-state index in [4.69, 9.17) is 11.6 Å². The topological polar surface area (TPSA) is 79.5 Å². The number of hydrogen-bond donors (Lipinski definition) is 1. The number of aromatic nitrogens is 1. The van der Waals surface area contributed by atoms with Crippen LogP contribution in [-0.2, 0) is 0 Å². The molecule has 21 heavy (non-hydrogen) atoms. The van der Waals surface area contributed by atoms with Gasteiger partial charge in [0.05, 0.1) is 15.5 Å². The van der Waals surface area contributed by atoms with Gasteiger partial charge in [0, 0.05) is 25.1 Å². The first-order valence-corrected chi connectivity index (χ1v) is 7.65. The van der Waals surface area contributed by atoms with Crippen molar-refractivity contribution in [2.45, 2.75) is 37.7 Å². The van der Waals surface area contributed by atoms with E-state index < -0.39 is 10.5 Å². The number of rotatable bonds is 2. The van der Waals surface area contributed by atoms with Gasteiger partial charge in [-0.3, -0.25) is 10.1 Å². The number of fused-ring (bicyclic) bond motifs is 1. The molecule has 0 radical (unpaired) electrons. The van der Waals surface area contributed by atoms with Gasteiger partial charge in [-0.1, -0.05) is 24.4 Å². The highest BCUT2D eigenvalue weighted by Crippen LogP contribution is 2.41. The summed E-state index contributed by atoms with van der Waals surface area (Å²) in [5.41, 5.74) is -0.655. The first-order chi connectivity index (χ1) is 9.99. The van der Waals surface area contributed by atoms with Gasteiger partial charge in [0.25, 0.3) is 5.69 Å². The van der Waals surface area contributed by atoms with Crippen molar-refractivity contribution in [1.82, 2.24) is 4.98 Å². The molecule has 1 aromatic rings. The average molecular weight is 312 g/mol. The van der Waals surface area contributed by atoms with Crippen LogP contribution in [-0.4, -0.2) is 33.7 Å². The minimum absolute atomic E-state index is 0.102. The Morgan fingerprint density at radius 3 is 3.00 bits per heavy atom. The van der Waals surface area contributed by atoms with Crippen molar-refractivity contribution in [3.05, 3.63) is 27.4 Å². The summed E-state index contributed by atoms with van der Waals surface area (Å²) in [5, 5.41) is 21.7. The maximum Gasteiger partial charge on any atom is 0.289 e. The molecule has 1 aliphatic carbocycles. The number of aliphatic hydroxyl groups is 1. The molecule has 2 fully saturated rings. The SMILES string of the molecule is O=[N+]([O-])c1cnc(N2CCC3(O)CCCCC3C2)c(Cl)c1. The molecule has 6 nitrogen and oxygen atoms in total. The monoisotopic (exact) mass is 311 g/mol. The van der Waals surface area contributed by atoms with Gasteiger partial charge in [0.2, 0.25) is 0 Å². The minimum atomic E-state index is -0.554. The molecule has 0 bridgehead atoms. The van der Waals surface area contributed by atoms with Gasteiger partial charge in [-0.2, -0.15) is 0 Å². The van der Waals surface area contributed by atoms with Gasteiger partial charge in [-0.25, -0.2) is 4.98 Å². The molecule has 1 saturated carbocycles. The van der Waals surface area contributed by atoms with Crippen LogP contribution < -0.4 is 4.90 Å². The Labute approximate surface area is 127 Å². The molecule has 7 heteroatoms. The summed E-state index contributed by atoms with van der Waals surface area (Å²) >= 11 is 6.15. The third kappa shape index (κ3) is 2.70. The van der Waals surface area contributed by atoms with Gasteiger partial charge in [0.15, 0.2) is 0 Å². The Balaban J connectivity index is 1.81. The number of pyridine rings is 1. The van der Waals surface area contributed by atoms with Crippen LogP contribution in [0.5, 0.6) is 0 Å². The van der Waals surface area contributed by atoms with Gasteiger partial charge in [-0.15, -0.1) is 0 Å². The van der Waals surface area contributed by atoms with Crippen LogP contribution in [0.2, 0.25) is 5.02 Å². The molecular formula is C14H18ClN3O3. The number of hydrogen-bond acceptors (Lipinski definition) is 5. The maximum absolute atomic E-state index is 10.7. The first-order valence-electron chi connectivity index (χ1n) is 7.27. The molecular weight excluding hydrogens is 294 g/mol. The van der Waals surface area contributed by atoms with Crippen LogP contribution in [0.4, 0.5) is 11.5 Å². The van der Waals surface area contributed by atoms with E-state index in [2.05, 4.69) is 4.98 Å². The standard InChI is InChI=1S/C14H18ClN3O3/c15-12-7-11(18(20)21)8-16-13(12)17-6-5-14(19)4-2-1-3-10(14)9-17/h7-8,10,19H,1-6,9H2. The van der Waals surface area contributed by atoms with Crippen molar-refractivity contribution in [2.75, 3.05) is 18.0 Å². The van der Waals surface area contributed by atoms with Crippen LogP contribution in [0.15, 0.2) is 12.3 Å². The van der Waals surface area contributed by atoms with Gasteiger partial charge >= 0.3 is 0 Å². The molecule has 0 spiro atoms. The van der Waals surface area contributed by atoms with E-state index in [0.29, 0.717) is 30.4 Å². The summed E-state index contributed by atoms with van der Waals surface area (Å²) in [5.74, 6) is 0.808. The Morgan fingerprint density at radius 2 is 2.29 bits per heavy atom. The Kier molecular flexibility index (Phi) is 3.75. The quantitative estimate of drug-likeness (QED) is 0.671. The third-order valence-electron chi connectivity index (χ3n) is 4.75. The summed E-state index contributed by atoms with van der Waals surface area (Å²) in [7, 11) is 0. The summed E-state index contributed by atoms with van der Waals surface area (Å²) in [6.45, 7) is 1.39. The molecule has 2 aliphatic rings. The minimum Gasteiger partial charge on any atom is -0.389 e. The molecule has 2 atom stereocenters. The van der Waals surface area contributed by atoms with Crippen molar-refractivity contribution in [3.8, 4) is 0 Å². The molecule has 1 N–H and O–H groups in total. The Hall–Kier alpha value is -1.40. The van der Waals surface area contributed by atoms with E-state index in [9.17, 15) is 15.2 Å². The van der Waals surface area contributed by atoms with Crippen molar-refractivity contribution < 1.29 is 10.0 Å². The van der Waals surface area contributed by atoms with Gasteiger partial charge in [0.1, 0.15) is 12.0 Å². The second-order valence-corrected chi connectivity index (χ2v) is 6.41. The summed E-state index contributed by atoms with van der Waals surface area (Å²) in [6, 6.07) is 1.34. The number of nitrogens with zero attached hydrogens (tertiary/aromatic N) is 3. The molecule has 1 saturated heterocycles. The lowest BCUT2D eigenvalue weighted by Crippen LogP contribution is -2.53.